The third-order valence-electron chi connectivity index (χ3n) is 5.62. The Labute approximate surface area is 113 Å². The first-order valence-electron chi connectivity index (χ1n) is 7.79. The molecule has 2 aliphatic heterocycles. The van der Waals surface area contributed by atoms with Crippen molar-refractivity contribution in [3.63, 3.8) is 0 Å². The van der Waals surface area contributed by atoms with Gasteiger partial charge in [0.05, 0.1) is 0 Å². The van der Waals surface area contributed by atoms with Crippen molar-refractivity contribution in [3.05, 3.63) is 0 Å². The molecule has 3 nitrogen and oxygen atoms in total. The zero-order chi connectivity index (χ0) is 13.2. The minimum absolute atomic E-state index is 0.306. The Morgan fingerprint density at radius 3 is 2.28 bits per heavy atom. The average molecular weight is 253 g/mol. The Morgan fingerprint density at radius 1 is 1.11 bits per heavy atom. The summed E-state index contributed by atoms with van der Waals surface area (Å²) >= 11 is 0. The van der Waals surface area contributed by atoms with Crippen molar-refractivity contribution < 1.29 is 0 Å². The Balaban J connectivity index is 2.00. The monoisotopic (exact) mass is 253 g/mol. The average Bonchev–Trinajstić information content (AvgIpc) is 2.42. The largest absolute Gasteiger partial charge is 0.329 e. The zero-order valence-corrected chi connectivity index (χ0v) is 12.5. The van der Waals surface area contributed by atoms with E-state index in [1.807, 2.05) is 0 Å². The van der Waals surface area contributed by atoms with Crippen LogP contribution in [0.3, 0.4) is 0 Å². The summed E-state index contributed by atoms with van der Waals surface area (Å²) in [6.45, 7) is 14.1. The lowest BCUT2D eigenvalue weighted by Crippen LogP contribution is -2.62. The predicted molar refractivity (Wildman–Crippen MR) is 77.7 cm³/mol. The van der Waals surface area contributed by atoms with Crippen LogP contribution in [0.1, 0.15) is 40.0 Å². The van der Waals surface area contributed by atoms with Gasteiger partial charge >= 0.3 is 0 Å². The molecule has 0 aromatic carbocycles. The number of likely N-dealkylation sites (tertiary alicyclic amines) is 2. The highest BCUT2D eigenvalue weighted by Crippen LogP contribution is 2.33. The van der Waals surface area contributed by atoms with Gasteiger partial charge in [0.1, 0.15) is 0 Å². The van der Waals surface area contributed by atoms with E-state index < -0.39 is 0 Å². The van der Waals surface area contributed by atoms with Crippen molar-refractivity contribution in [2.24, 2.45) is 17.6 Å². The van der Waals surface area contributed by atoms with Gasteiger partial charge in [0.2, 0.25) is 0 Å². The molecule has 2 rings (SSSR count). The lowest BCUT2D eigenvalue weighted by atomic mass is 9.80. The molecule has 2 heterocycles. The number of hydrogen-bond acceptors (Lipinski definition) is 3. The highest BCUT2D eigenvalue weighted by Gasteiger charge is 2.40. The molecule has 0 bridgehead atoms. The van der Waals surface area contributed by atoms with Gasteiger partial charge in [-0.2, -0.15) is 0 Å². The van der Waals surface area contributed by atoms with Crippen LogP contribution in [-0.2, 0) is 0 Å². The van der Waals surface area contributed by atoms with Gasteiger partial charge in [-0.1, -0.05) is 20.8 Å². The number of nitrogens with zero attached hydrogens (tertiary/aromatic N) is 2. The fourth-order valence-electron chi connectivity index (χ4n) is 3.63. The summed E-state index contributed by atoms with van der Waals surface area (Å²) in [4.78, 5) is 5.29. The van der Waals surface area contributed by atoms with Gasteiger partial charge in [-0.3, -0.25) is 4.90 Å². The SMILES string of the molecule is CCN1CCC(CN)(N2CCC(C)C(C)C2)CC1. The highest BCUT2D eigenvalue weighted by molar-refractivity contribution is 4.98. The Morgan fingerprint density at radius 2 is 1.78 bits per heavy atom. The number of piperidine rings is 2. The first-order chi connectivity index (χ1) is 8.61. The molecule has 18 heavy (non-hydrogen) atoms. The van der Waals surface area contributed by atoms with Crippen molar-refractivity contribution in [1.82, 2.24) is 9.80 Å². The quantitative estimate of drug-likeness (QED) is 0.832. The summed E-state index contributed by atoms with van der Waals surface area (Å²) in [7, 11) is 0. The van der Waals surface area contributed by atoms with Gasteiger partial charge < -0.3 is 10.6 Å². The lowest BCUT2D eigenvalue weighted by molar-refractivity contribution is -0.0101. The first-order valence-corrected chi connectivity index (χ1v) is 7.79. The number of hydrogen-bond donors (Lipinski definition) is 1. The summed E-state index contributed by atoms with van der Waals surface area (Å²) < 4.78 is 0. The van der Waals surface area contributed by atoms with E-state index in [4.69, 9.17) is 5.73 Å². The van der Waals surface area contributed by atoms with E-state index >= 15 is 0 Å². The van der Waals surface area contributed by atoms with E-state index in [-0.39, 0.29) is 0 Å². The minimum Gasteiger partial charge on any atom is -0.329 e. The van der Waals surface area contributed by atoms with E-state index in [1.54, 1.807) is 0 Å². The van der Waals surface area contributed by atoms with E-state index in [9.17, 15) is 0 Å². The smallest absolute Gasteiger partial charge is 0.0356 e. The van der Waals surface area contributed by atoms with E-state index in [0.29, 0.717) is 5.54 Å². The van der Waals surface area contributed by atoms with Crippen LogP contribution in [-0.4, -0.2) is 54.6 Å². The third-order valence-corrected chi connectivity index (χ3v) is 5.62. The Hall–Kier alpha value is -0.120. The summed E-state index contributed by atoms with van der Waals surface area (Å²) in [5.41, 5.74) is 6.48. The second-order valence-electron chi connectivity index (χ2n) is 6.55. The first kappa shape index (κ1) is 14.3. The molecular formula is C15H31N3. The second-order valence-corrected chi connectivity index (χ2v) is 6.55. The molecule has 0 aliphatic carbocycles. The molecule has 2 N–H and O–H groups in total. The van der Waals surface area contributed by atoms with Crippen molar-refractivity contribution in [3.8, 4) is 0 Å². The molecule has 0 aromatic heterocycles. The number of rotatable bonds is 3. The lowest BCUT2D eigenvalue weighted by Gasteiger charge is -2.51. The third kappa shape index (κ3) is 2.73. The maximum absolute atomic E-state index is 6.18. The molecule has 3 heteroatoms. The highest BCUT2D eigenvalue weighted by atomic mass is 15.2. The molecule has 2 fully saturated rings. The van der Waals surface area contributed by atoms with Crippen molar-refractivity contribution >= 4 is 0 Å². The maximum atomic E-state index is 6.18. The van der Waals surface area contributed by atoms with Gasteiger partial charge in [0.25, 0.3) is 0 Å². The summed E-state index contributed by atoms with van der Waals surface area (Å²) in [5, 5.41) is 0. The van der Waals surface area contributed by atoms with E-state index in [1.165, 1.54) is 52.0 Å². The standard InChI is InChI=1S/C15H31N3/c1-4-17-9-6-15(12-16,7-10-17)18-8-5-13(2)14(3)11-18/h13-14H,4-12,16H2,1-3H3. The van der Waals surface area contributed by atoms with Crippen LogP contribution in [0.2, 0.25) is 0 Å². The van der Waals surface area contributed by atoms with E-state index in [0.717, 1.165) is 18.4 Å². The topological polar surface area (TPSA) is 32.5 Å². The fraction of sp³-hybridized carbons (Fsp3) is 1.00. The molecule has 2 aliphatic rings. The molecule has 0 spiro atoms. The van der Waals surface area contributed by atoms with Crippen LogP contribution in [0.4, 0.5) is 0 Å². The summed E-state index contributed by atoms with van der Waals surface area (Å²) in [6, 6.07) is 0. The van der Waals surface area contributed by atoms with Gasteiger partial charge in [-0.05, 0) is 57.3 Å². The van der Waals surface area contributed by atoms with Crippen molar-refractivity contribution in [2.45, 2.75) is 45.6 Å². The minimum atomic E-state index is 0.306. The Bertz CT molecular complexity index is 258. The summed E-state index contributed by atoms with van der Waals surface area (Å²) in [6.07, 6.45) is 3.87. The normalized spacial score (nSPS) is 34.7. The zero-order valence-electron chi connectivity index (χ0n) is 12.5. The molecule has 0 radical (unpaired) electrons. The second kappa shape index (κ2) is 5.89. The molecule has 2 atom stereocenters. The summed E-state index contributed by atoms with van der Waals surface area (Å²) in [5.74, 6) is 1.71. The molecule has 0 amide bonds. The van der Waals surface area contributed by atoms with Gasteiger partial charge in [-0.15, -0.1) is 0 Å². The van der Waals surface area contributed by atoms with Gasteiger partial charge in [0.15, 0.2) is 0 Å². The van der Waals surface area contributed by atoms with Crippen LogP contribution in [0, 0.1) is 11.8 Å². The Kier molecular flexibility index (Phi) is 4.68. The van der Waals surface area contributed by atoms with Gasteiger partial charge in [-0.25, -0.2) is 0 Å². The molecular weight excluding hydrogens is 222 g/mol. The molecule has 2 unspecified atom stereocenters. The van der Waals surface area contributed by atoms with Crippen LogP contribution in [0.15, 0.2) is 0 Å². The molecule has 0 saturated carbocycles. The van der Waals surface area contributed by atoms with Crippen LogP contribution in [0.5, 0.6) is 0 Å². The predicted octanol–water partition coefficient (Wildman–Crippen LogP) is 1.78. The number of nitrogens with two attached hydrogens (primary N) is 1. The van der Waals surface area contributed by atoms with E-state index in [2.05, 4.69) is 30.6 Å². The van der Waals surface area contributed by atoms with Crippen molar-refractivity contribution in [2.75, 3.05) is 39.3 Å². The molecule has 2 saturated heterocycles. The van der Waals surface area contributed by atoms with Crippen molar-refractivity contribution in [1.29, 1.82) is 0 Å². The van der Waals surface area contributed by atoms with Crippen LogP contribution in [0.25, 0.3) is 0 Å². The fourth-order valence-corrected chi connectivity index (χ4v) is 3.63. The van der Waals surface area contributed by atoms with Crippen LogP contribution < -0.4 is 5.73 Å². The van der Waals surface area contributed by atoms with Gasteiger partial charge in [0, 0.05) is 18.6 Å². The maximum Gasteiger partial charge on any atom is 0.0356 e. The molecule has 0 aromatic rings. The van der Waals surface area contributed by atoms with Crippen LogP contribution >= 0.6 is 0 Å². The molecule has 106 valence electrons.